The molecule has 1 aromatic carbocycles. The van der Waals surface area contributed by atoms with Gasteiger partial charge >= 0.3 is 0 Å². The van der Waals surface area contributed by atoms with Gasteiger partial charge in [0.25, 0.3) is 10.0 Å². The normalized spacial score (nSPS) is 18.4. The molecule has 5 nitrogen and oxygen atoms in total. The van der Waals surface area contributed by atoms with Crippen molar-refractivity contribution in [2.75, 3.05) is 11.9 Å². The van der Waals surface area contributed by atoms with Crippen LogP contribution < -0.4 is 5.32 Å². The van der Waals surface area contributed by atoms with E-state index in [2.05, 4.69) is 5.32 Å². The van der Waals surface area contributed by atoms with Crippen LogP contribution in [0.2, 0.25) is 14.4 Å². The predicted molar refractivity (Wildman–Crippen MR) is 101 cm³/mol. The monoisotopic (exact) mass is 438 g/mol. The summed E-state index contributed by atoms with van der Waals surface area (Å²) < 4.78 is 27.3. The Hall–Kier alpha value is -0.830. The molecule has 1 N–H and O–H groups in total. The van der Waals surface area contributed by atoms with Crippen molar-refractivity contribution in [1.82, 2.24) is 4.31 Å². The fourth-order valence-corrected chi connectivity index (χ4v) is 6.27. The maximum Gasteiger partial charge on any atom is 0.253 e. The van der Waals surface area contributed by atoms with Gasteiger partial charge in [0.05, 0.1) is 20.1 Å². The van der Waals surface area contributed by atoms with E-state index in [1.54, 1.807) is 18.2 Å². The summed E-state index contributed by atoms with van der Waals surface area (Å²) in [5.41, 5.74) is 0.350. The first-order valence-electron chi connectivity index (χ1n) is 7.33. The molecule has 1 amide bonds. The van der Waals surface area contributed by atoms with Gasteiger partial charge in [-0.25, -0.2) is 8.42 Å². The van der Waals surface area contributed by atoms with Gasteiger partial charge in [-0.3, -0.25) is 4.79 Å². The van der Waals surface area contributed by atoms with E-state index in [1.807, 2.05) is 0 Å². The third-order valence-corrected chi connectivity index (χ3v) is 8.25. The van der Waals surface area contributed by atoms with Crippen molar-refractivity contribution in [3.05, 3.63) is 44.7 Å². The zero-order valence-electron chi connectivity index (χ0n) is 12.7. The molecule has 1 aromatic heterocycles. The summed E-state index contributed by atoms with van der Waals surface area (Å²) in [6, 6.07) is 7.03. The average molecular weight is 440 g/mol. The highest BCUT2D eigenvalue weighted by Gasteiger charge is 2.40. The molecule has 134 valence electrons. The van der Waals surface area contributed by atoms with Crippen molar-refractivity contribution in [1.29, 1.82) is 0 Å². The number of thiophene rings is 1. The number of nitrogens with one attached hydrogen (secondary N) is 1. The standard InChI is InChI=1S/C15H13Cl3N2O3S2/c16-9-3-1-4-10(14(9)18)19-15(21)11-5-2-8-20(11)25(22,23)13-7-6-12(17)24-13/h1,3-4,6-7,11H,2,5,8H2,(H,19,21)/t11-/m1/s1. The van der Waals surface area contributed by atoms with Crippen LogP contribution in [0.3, 0.4) is 0 Å². The first-order chi connectivity index (χ1) is 11.8. The molecule has 1 saturated heterocycles. The molecule has 2 heterocycles. The number of hydrogen-bond donors (Lipinski definition) is 1. The first kappa shape index (κ1) is 18.9. The van der Waals surface area contributed by atoms with Crippen molar-refractivity contribution < 1.29 is 13.2 Å². The van der Waals surface area contributed by atoms with Gasteiger partial charge in [-0.1, -0.05) is 40.9 Å². The number of nitrogens with zero attached hydrogens (tertiary/aromatic N) is 1. The highest BCUT2D eigenvalue weighted by Crippen LogP contribution is 2.34. The minimum absolute atomic E-state index is 0.123. The van der Waals surface area contributed by atoms with E-state index in [0.29, 0.717) is 27.9 Å². The summed E-state index contributed by atoms with van der Waals surface area (Å²) in [7, 11) is -3.78. The summed E-state index contributed by atoms with van der Waals surface area (Å²) >= 11 is 18.8. The van der Waals surface area contributed by atoms with Crippen molar-refractivity contribution in [2.24, 2.45) is 0 Å². The molecular weight excluding hydrogens is 427 g/mol. The molecule has 1 aliphatic heterocycles. The van der Waals surface area contributed by atoms with Crippen LogP contribution in [0.5, 0.6) is 0 Å². The Labute approximate surface area is 164 Å². The van der Waals surface area contributed by atoms with Crippen molar-refractivity contribution in [2.45, 2.75) is 23.1 Å². The van der Waals surface area contributed by atoms with Gasteiger partial charge in [-0.15, -0.1) is 11.3 Å². The Kier molecular flexibility index (Phi) is 5.63. The van der Waals surface area contributed by atoms with Crippen LogP contribution in [-0.4, -0.2) is 31.2 Å². The predicted octanol–water partition coefficient (Wildman–Crippen LogP) is 4.50. The van der Waals surface area contributed by atoms with Gasteiger partial charge in [0.1, 0.15) is 10.3 Å². The minimum atomic E-state index is -3.78. The van der Waals surface area contributed by atoms with Crippen LogP contribution >= 0.6 is 46.1 Å². The molecule has 2 aromatic rings. The van der Waals surface area contributed by atoms with E-state index in [-0.39, 0.29) is 15.8 Å². The smallest absolute Gasteiger partial charge is 0.253 e. The van der Waals surface area contributed by atoms with Gasteiger partial charge in [-0.05, 0) is 37.1 Å². The first-order valence-corrected chi connectivity index (χ1v) is 10.7. The number of hydrogen-bond acceptors (Lipinski definition) is 4. The van der Waals surface area contributed by atoms with Crippen molar-refractivity contribution in [3.8, 4) is 0 Å². The number of benzene rings is 1. The third kappa shape index (κ3) is 3.82. The molecule has 1 fully saturated rings. The molecule has 3 rings (SSSR count). The summed E-state index contributed by atoms with van der Waals surface area (Å²) in [5, 5.41) is 3.19. The zero-order valence-corrected chi connectivity index (χ0v) is 16.6. The van der Waals surface area contributed by atoms with Gasteiger partial charge < -0.3 is 5.32 Å². The summed E-state index contributed by atoms with van der Waals surface area (Å²) in [6.45, 7) is 0.277. The van der Waals surface area contributed by atoms with Crippen LogP contribution in [0.4, 0.5) is 5.69 Å². The number of carbonyl (C=O) groups is 1. The second kappa shape index (κ2) is 7.42. The largest absolute Gasteiger partial charge is 0.323 e. The molecule has 0 spiro atoms. The van der Waals surface area contributed by atoms with Crippen LogP contribution in [-0.2, 0) is 14.8 Å². The van der Waals surface area contributed by atoms with Gasteiger partial charge in [0.15, 0.2) is 0 Å². The quantitative estimate of drug-likeness (QED) is 0.762. The van der Waals surface area contributed by atoms with E-state index in [0.717, 1.165) is 11.3 Å². The zero-order chi connectivity index (χ0) is 18.2. The van der Waals surface area contributed by atoms with Crippen LogP contribution in [0.1, 0.15) is 12.8 Å². The fraction of sp³-hybridized carbons (Fsp3) is 0.267. The molecule has 25 heavy (non-hydrogen) atoms. The maximum absolute atomic E-state index is 12.8. The Balaban J connectivity index is 1.84. The van der Waals surface area contributed by atoms with Crippen LogP contribution in [0, 0.1) is 0 Å². The number of halogens is 3. The Bertz CT molecular complexity index is 914. The molecule has 0 bridgehead atoms. The van der Waals surface area contributed by atoms with Crippen molar-refractivity contribution >= 4 is 67.8 Å². The fourth-order valence-electron chi connectivity index (χ4n) is 2.66. The summed E-state index contributed by atoms with van der Waals surface area (Å²) in [5.74, 6) is -0.437. The molecule has 0 radical (unpaired) electrons. The highest BCUT2D eigenvalue weighted by molar-refractivity contribution is 7.91. The molecule has 0 saturated carbocycles. The SMILES string of the molecule is O=C(Nc1cccc(Cl)c1Cl)[C@H]1CCCN1S(=O)(=O)c1ccc(Cl)s1. The van der Waals surface area contributed by atoms with E-state index < -0.39 is 22.0 Å². The number of rotatable bonds is 4. The second-order valence-corrected chi connectivity index (χ2v) is 10.0. The lowest BCUT2D eigenvalue weighted by Gasteiger charge is -2.23. The number of carbonyl (C=O) groups excluding carboxylic acids is 1. The van der Waals surface area contributed by atoms with E-state index >= 15 is 0 Å². The molecule has 10 heteroatoms. The van der Waals surface area contributed by atoms with Crippen LogP contribution in [0.25, 0.3) is 0 Å². The third-order valence-electron chi connectivity index (χ3n) is 3.83. The minimum Gasteiger partial charge on any atom is -0.323 e. The second-order valence-electron chi connectivity index (χ2n) is 5.42. The topological polar surface area (TPSA) is 66.5 Å². The van der Waals surface area contributed by atoms with Crippen LogP contribution in [0.15, 0.2) is 34.5 Å². The lowest BCUT2D eigenvalue weighted by Crippen LogP contribution is -2.42. The molecule has 0 unspecified atom stereocenters. The van der Waals surface area contributed by atoms with E-state index in [1.165, 1.54) is 16.4 Å². The average Bonchev–Trinajstić information content (AvgIpc) is 3.21. The Morgan fingerprint density at radius 1 is 1.20 bits per heavy atom. The van der Waals surface area contributed by atoms with E-state index in [9.17, 15) is 13.2 Å². The summed E-state index contributed by atoms with van der Waals surface area (Å²) in [6.07, 6.45) is 1.03. The van der Waals surface area contributed by atoms with Gasteiger partial charge in [-0.2, -0.15) is 4.31 Å². The number of sulfonamides is 1. The van der Waals surface area contributed by atoms with Gasteiger partial charge in [0, 0.05) is 6.54 Å². The maximum atomic E-state index is 12.8. The van der Waals surface area contributed by atoms with Gasteiger partial charge in [0.2, 0.25) is 5.91 Å². The molecule has 1 aliphatic rings. The van der Waals surface area contributed by atoms with E-state index in [4.69, 9.17) is 34.8 Å². The molecular formula is C15H13Cl3N2O3S2. The number of anilines is 1. The Morgan fingerprint density at radius 3 is 2.64 bits per heavy atom. The Morgan fingerprint density at radius 2 is 1.96 bits per heavy atom. The molecule has 1 atom stereocenters. The summed E-state index contributed by atoms with van der Waals surface area (Å²) in [4.78, 5) is 12.6. The molecule has 0 aliphatic carbocycles. The van der Waals surface area contributed by atoms with Crippen molar-refractivity contribution in [3.63, 3.8) is 0 Å². The lowest BCUT2D eigenvalue weighted by atomic mass is 10.2. The number of amides is 1. The lowest BCUT2D eigenvalue weighted by molar-refractivity contribution is -0.119. The highest BCUT2D eigenvalue weighted by atomic mass is 35.5.